The number of hydrogen-bond acceptors (Lipinski definition) is 2. The van der Waals surface area contributed by atoms with Crippen LogP contribution in [-0.4, -0.2) is 30.9 Å². The van der Waals surface area contributed by atoms with E-state index in [-0.39, 0.29) is 5.91 Å². The smallest absolute Gasteiger partial charge is 0.226 e. The minimum absolute atomic E-state index is 0.147. The van der Waals surface area contributed by atoms with E-state index in [1.165, 1.54) is 19.3 Å². The fraction of sp³-hybridized carbons (Fsp3) is 0.562. The number of benzene rings is 1. The summed E-state index contributed by atoms with van der Waals surface area (Å²) in [6, 6.07) is 8.72. The van der Waals surface area contributed by atoms with Crippen molar-refractivity contribution in [3.63, 3.8) is 0 Å². The summed E-state index contributed by atoms with van der Waals surface area (Å²) in [5.41, 5.74) is 2.22. The Hall–Kier alpha value is -1.51. The number of nitrogens with zero attached hydrogens (tertiary/aromatic N) is 1. The number of carbonyl (C=O) groups is 1. The van der Waals surface area contributed by atoms with Crippen LogP contribution in [0, 0.1) is 5.92 Å². The molecule has 0 saturated heterocycles. The fourth-order valence-corrected chi connectivity index (χ4v) is 2.69. The molecule has 1 aromatic rings. The van der Waals surface area contributed by atoms with E-state index in [9.17, 15) is 4.79 Å². The van der Waals surface area contributed by atoms with Crippen LogP contribution < -0.4 is 5.32 Å². The molecule has 3 nitrogen and oxygen atoms in total. The quantitative estimate of drug-likeness (QED) is 0.902. The van der Waals surface area contributed by atoms with Gasteiger partial charge in [-0.2, -0.15) is 0 Å². The Balaban J connectivity index is 2.05. The summed E-state index contributed by atoms with van der Waals surface area (Å²) in [6.45, 7) is 2.31. The van der Waals surface area contributed by atoms with Crippen LogP contribution in [-0.2, 0) is 11.2 Å². The first kappa shape index (κ1) is 13.9. The van der Waals surface area contributed by atoms with Crippen molar-refractivity contribution in [2.75, 3.05) is 19.4 Å². The van der Waals surface area contributed by atoms with Gasteiger partial charge in [0.05, 0.1) is 6.42 Å². The summed E-state index contributed by atoms with van der Waals surface area (Å²) in [4.78, 5) is 13.5. The van der Waals surface area contributed by atoms with Gasteiger partial charge in [0.15, 0.2) is 0 Å². The number of rotatable bonds is 4. The van der Waals surface area contributed by atoms with Gasteiger partial charge in [-0.05, 0) is 36.8 Å². The predicted octanol–water partition coefficient (Wildman–Crippen LogP) is 2.92. The van der Waals surface area contributed by atoms with Gasteiger partial charge in [-0.1, -0.05) is 25.1 Å². The molecule has 0 aliphatic heterocycles. The zero-order valence-corrected chi connectivity index (χ0v) is 12.1. The average Bonchev–Trinajstić information content (AvgIpc) is 2.77. The molecule has 0 aromatic heterocycles. The number of hydrogen-bond donors (Lipinski definition) is 1. The number of anilines is 1. The second-order valence-corrected chi connectivity index (χ2v) is 5.88. The van der Waals surface area contributed by atoms with Crippen LogP contribution >= 0.6 is 0 Å². The standard InChI is InChI=1S/C16H24N2O/c1-12-8-9-14(10-12)17-15-7-5-4-6-13(15)11-16(19)18(2)3/h4-7,12,14,17H,8-11H2,1-3H3. The van der Waals surface area contributed by atoms with Crippen LogP contribution in [0.2, 0.25) is 0 Å². The van der Waals surface area contributed by atoms with E-state index >= 15 is 0 Å². The van der Waals surface area contributed by atoms with Gasteiger partial charge < -0.3 is 10.2 Å². The Morgan fingerprint density at radius 3 is 2.68 bits per heavy atom. The fourth-order valence-electron chi connectivity index (χ4n) is 2.69. The SMILES string of the molecule is CC1CCC(Nc2ccccc2CC(=O)N(C)C)C1. The maximum absolute atomic E-state index is 11.9. The van der Waals surface area contributed by atoms with Crippen molar-refractivity contribution < 1.29 is 4.79 Å². The molecule has 1 N–H and O–H groups in total. The molecule has 19 heavy (non-hydrogen) atoms. The molecule has 0 radical (unpaired) electrons. The Bertz CT molecular complexity index is 442. The first-order valence-corrected chi connectivity index (χ1v) is 7.11. The highest BCUT2D eigenvalue weighted by Crippen LogP contribution is 2.28. The molecule has 104 valence electrons. The van der Waals surface area contributed by atoms with Gasteiger partial charge in [0.1, 0.15) is 0 Å². The van der Waals surface area contributed by atoms with Gasteiger partial charge in [0.25, 0.3) is 0 Å². The Kier molecular flexibility index (Phi) is 4.46. The summed E-state index contributed by atoms with van der Waals surface area (Å²) in [6.07, 6.45) is 4.24. The molecule has 1 amide bonds. The van der Waals surface area contributed by atoms with Gasteiger partial charge in [0, 0.05) is 25.8 Å². The third-order valence-corrected chi connectivity index (χ3v) is 3.91. The lowest BCUT2D eigenvalue weighted by Crippen LogP contribution is -2.24. The molecule has 0 spiro atoms. The number of likely N-dealkylation sites (N-methyl/N-ethyl adjacent to an activating group) is 1. The zero-order chi connectivity index (χ0) is 13.8. The molecule has 1 saturated carbocycles. The predicted molar refractivity (Wildman–Crippen MR) is 79.3 cm³/mol. The lowest BCUT2D eigenvalue weighted by Gasteiger charge is -2.18. The minimum Gasteiger partial charge on any atom is -0.382 e. The summed E-state index contributed by atoms with van der Waals surface area (Å²) >= 11 is 0. The van der Waals surface area contributed by atoms with Crippen LogP contribution in [0.15, 0.2) is 24.3 Å². The Morgan fingerprint density at radius 2 is 2.05 bits per heavy atom. The van der Waals surface area contributed by atoms with Crippen molar-refractivity contribution in [3.8, 4) is 0 Å². The van der Waals surface area contributed by atoms with E-state index in [1.807, 2.05) is 18.2 Å². The average molecular weight is 260 g/mol. The summed E-state index contributed by atoms with van der Waals surface area (Å²) in [5.74, 6) is 0.960. The third-order valence-electron chi connectivity index (χ3n) is 3.91. The normalized spacial score (nSPS) is 22.3. The number of amides is 1. The van der Waals surface area contributed by atoms with Crippen molar-refractivity contribution in [2.24, 2.45) is 5.92 Å². The molecular formula is C16H24N2O. The number of nitrogens with one attached hydrogen (secondary N) is 1. The molecular weight excluding hydrogens is 236 g/mol. The molecule has 2 unspecified atom stereocenters. The molecule has 1 aliphatic rings. The highest BCUT2D eigenvalue weighted by molar-refractivity contribution is 5.80. The molecule has 0 heterocycles. The molecule has 2 rings (SSSR count). The Morgan fingerprint density at radius 1 is 1.32 bits per heavy atom. The number of para-hydroxylation sites is 1. The largest absolute Gasteiger partial charge is 0.382 e. The van der Waals surface area contributed by atoms with Gasteiger partial charge in [-0.3, -0.25) is 4.79 Å². The summed E-state index contributed by atoms with van der Waals surface area (Å²) < 4.78 is 0. The Labute approximate surface area is 116 Å². The minimum atomic E-state index is 0.147. The van der Waals surface area contributed by atoms with Crippen molar-refractivity contribution in [2.45, 2.75) is 38.6 Å². The van der Waals surface area contributed by atoms with Crippen molar-refractivity contribution in [1.82, 2.24) is 4.90 Å². The van der Waals surface area contributed by atoms with Crippen molar-refractivity contribution in [3.05, 3.63) is 29.8 Å². The molecule has 1 aliphatic carbocycles. The van der Waals surface area contributed by atoms with E-state index in [4.69, 9.17) is 0 Å². The first-order chi connectivity index (χ1) is 9.06. The highest BCUT2D eigenvalue weighted by Gasteiger charge is 2.21. The second-order valence-electron chi connectivity index (χ2n) is 5.88. The molecule has 0 bridgehead atoms. The first-order valence-electron chi connectivity index (χ1n) is 7.11. The van der Waals surface area contributed by atoms with Gasteiger partial charge in [-0.25, -0.2) is 0 Å². The van der Waals surface area contributed by atoms with E-state index in [0.29, 0.717) is 12.5 Å². The van der Waals surface area contributed by atoms with Gasteiger partial charge in [-0.15, -0.1) is 0 Å². The molecule has 2 atom stereocenters. The third kappa shape index (κ3) is 3.72. The van der Waals surface area contributed by atoms with Crippen LogP contribution in [0.4, 0.5) is 5.69 Å². The zero-order valence-electron chi connectivity index (χ0n) is 12.1. The van der Waals surface area contributed by atoms with E-state index in [0.717, 1.165) is 17.2 Å². The van der Waals surface area contributed by atoms with E-state index in [1.54, 1.807) is 19.0 Å². The van der Waals surface area contributed by atoms with Crippen LogP contribution in [0.5, 0.6) is 0 Å². The maximum atomic E-state index is 11.9. The van der Waals surface area contributed by atoms with Crippen LogP contribution in [0.3, 0.4) is 0 Å². The maximum Gasteiger partial charge on any atom is 0.226 e. The van der Waals surface area contributed by atoms with E-state index < -0.39 is 0 Å². The molecule has 1 fully saturated rings. The van der Waals surface area contributed by atoms with Crippen LogP contribution in [0.25, 0.3) is 0 Å². The van der Waals surface area contributed by atoms with E-state index in [2.05, 4.69) is 18.3 Å². The van der Waals surface area contributed by atoms with Gasteiger partial charge >= 0.3 is 0 Å². The summed E-state index contributed by atoms with van der Waals surface area (Å²) in [7, 11) is 3.61. The lowest BCUT2D eigenvalue weighted by atomic mass is 10.1. The lowest BCUT2D eigenvalue weighted by molar-refractivity contribution is -0.127. The molecule has 3 heteroatoms. The van der Waals surface area contributed by atoms with Crippen molar-refractivity contribution >= 4 is 11.6 Å². The monoisotopic (exact) mass is 260 g/mol. The molecule has 1 aromatic carbocycles. The summed E-state index contributed by atoms with van der Waals surface area (Å²) in [5, 5.41) is 3.61. The van der Waals surface area contributed by atoms with Gasteiger partial charge in [0.2, 0.25) is 5.91 Å². The number of carbonyl (C=O) groups excluding carboxylic acids is 1. The topological polar surface area (TPSA) is 32.3 Å². The second kappa shape index (κ2) is 6.09. The van der Waals surface area contributed by atoms with Crippen molar-refractivity contribution in [1.29, 1.82) is 0 Å². The highest BCUT2D eigenvalue weighted by atomic mass is 16.2. The van der Waals surface area contributed by atoms with Crippen LogP contribution in [0.1, 0.15) is 31.7 Å².